The van der Waals surface area contributed by atoms with E-state index >= 15 is 0 Å². The highest BCUT2D eigenvalue weighted by Crippen LogP contribution is 2.32. The van der Waals surface area contributed by atoms with E-state index in [2.05, 4.69) is 15.6 Å². The average Bonchev–Trinajstić information content (AvgIpc) is 3.35. The fraction of sp³-hybridized carbons (Fsp3) is 0.192. The standard InChI is InChI=1S/C26H25N5O3/c1-18-22(3-2-4-23(18)28-17-32)20-15-24(25-27-9-10-31(25)16-20)29-21-7-5-19(6-8-21)26(33)30-11-13-34-14-12-30/h2-10,15-17,29H,11-14H2,1H3,(H,28,32). The first-order valence-corrected chi connectivity index (χ1v) is 11.1. The van der Waals surface area contributed by atoms with E-state index < -0.39 is 0 Å². The van der Waals surface area contributed by atoms with Gasteiger partial charge in [0.25, 0.3) is 5.91 Å². The Hall–Kier alpha value is -4.17. The number of morpholine rings is 1. The summed E-state index contributed by atoms with van der Waals surface area (Å²) < 4.78 is 7.30. The largest absolute Gasteiger partial charge is 0.378 e. The minimum Gasteiger partial charge on any atom is -0.378 e. The smallest absolute Gasteiger partial charge is 0.254 e. The number of pyridine rings is 1. The van der Waals surface area contributed by atoms with Crippen molar-refractivity contribution in [3.8, 4) is 11.1 Å². The van der Waals surface area contributed by atoms with E-state index in [-0.39, 0.29) is 5.91 Å². The molecule has 2 aromatic carbocycles. The number of carbonyl (C=O) groups excluding carboxylic acids is 2. The van der Waals surface area contributed by atoms with Crippen molar-refractivity contribution >= 4 is 35.0 Å². The topological polar surface area (TPSA) is 88.0 Å². The van der Waals surface area contributed by atoms with Crippen LogP contribution in [0.5, 0.6) is 0 Å². The van der Waals surface area contributed by atoms with Crippen molar-refractivity contribution in [2.45, 2.75) is 6.92 Å². The Balaban J connectivity index is 1.44. The first-order valence-electron chi connectivity index (χ1n) is 11.1. The molecule has 0 bridgehead atoms. The maximum Gasteiger partial charge on any atom is 0.254 e. The van der Waals surface area contributed by atoms with Gasteiger partial charge >= 0.3 is 0 Å². The molecule has 2 N–H and O–H groups in total. The molecule has 4 aromatic rings. The molecule has 34 heavy (non-hydrogen) atoms. The number of nitrogens with one attached hydrogen (secondary N) is 2. The lowest BCUT2D eigenvalue weighted by Gasteiger charge is -2.26. The van der Waals surface area contributed by atoms with E-state index in [0.717, 1.165) is 39.4 Å². The molecule has 172 valence electrons. The van der Waals surface area contributed by atoms with Crippen LogP contribution in [0.4, 0.5) is 17.1 Å². The maximum atomic E-state index is 12.7. The summed E-state index contributed by atoms with van der Waals surface area (Å²) in [4.78, 5) is 30.0. The lowest BCUT2D eigenvalue weighted by Crippen LogP contribution is -2.40. The molecule has 0 saturated carbocycles. The molecule has 1 aliphatic heterocycles. The molecule has 1 aliphatic rings. The molecule has 8 heteroatoms. The second-order valence-corrected chi connectivity index (χ2v) is 8.15. The fourth-order valence-corrected chi connectivity index (χ4v) is 4.24. The van der Waals surface area contributed by atoms with Gasteiger partial charge in [0.05, 0.1) is 18.9 Å². The van der Waals surface area contributed by atoms with Crippen LogP contribution in [-0.4, -0.2) is 52.9 Å². The van der Waals surface area contributed by atoms with Crippen LogP contribution in [0.1, 0.15) is 15.9 Å². The number of carbonyl (C=O) groups is 2. The van der Waals surface area contributed by atoms with Gasteiger partial charge in [-0.1, -0.05) is 12.1 Å². The summed E-state index contributed by atoms with van der Waals surface area (Å²) in [5.41, 5.74) is 6.88. The molecule has 2 amide bonds. The zero-order valence-electron chi connectivity index (χ0n) is 18.8. The molecule has 2 aromatic heterocycles. The third-order valence-electron chi connectivity index (χ3n) is 6.06. The van der Waals surface area contributed by atoms with E-state index in [4.69, 9.17) is 4.74 Å². The molecule has 1 saturated heterocycles. The van der Waals surface area contributed by atoms with Crippen LogP contribution >= 0.6 is 0 Å². The third-order valence-corrected chi connectivity index (χ3v) is 6.06. The molecule has 8 nitrogen and oxygen atoms in total. The Morgan fingerprint density at radius 3 is 2.65 bits per heavy atom. The lowest BCUT2D eigenvalue weighted by molar-refractivity contribution is -0.105. The normalized spacial score (nSPS) is 13.6. The Morgan fingerprint density at radius 2 is 1.88 bits per heavy atom. The number of aromatic nitrogens is 2. The SMILES string of the molecule is Cc1c(NC=O)cccc1-c1cc(Nc2ccc(C(=O)N3CCOCC3)cc2)c2nccn2c1. The van der Waals surface area contributed by atoms with Gasteiger partial charge in [0.2, 0.25) is 6.41 Å². The zero-order chi connectivity index (χ0) is 23.5. The predicted molar refractivity (Wildman–Crippen MR) is 131 cm³/mol. The molecular formula is C26H25N5O3. The fourth-order valence-electron chi connectivity index (χ4n) is 4.24. The summed E-state index contributed by atoms with van der Waals surface area (Å²) in [5.74, 6) is 0.0202. The van der Waals surface area contributed by atoms with Crippen LogP contribution in [0.25, 0.3) is 16.8 Å². The Morgan fingerprint density at radius 1 is 1.09 bits per heavy atom. The number of nitrogens with zero attached hydrogens (tertiary/aromatic N) is 3. The average molecular weight is 456 g/mol. The number of fused-ring (bicyclic) bond motifs is 1. The van der Waals surface area contributed by atoms with Gasteiger partial charge in [0.15, 0.2) is 5.65 Å². The number of benzene rings is 2. The lowest BCUT2D eigenvalue weighted by atomic mass is 10.00. The molecule has 0 aliphatic carbocycles. The number of anilines is 3. The molecular weight excluding hydrogens is 430 g/mol. The van der Waals surface area contributed by atoms with Crippen molar-refractivity contribution in [2.24, 2.45) is 0 Å². The van der Waals surface area contributed by atoms with Gasteiger partial charge in [0.1, 0.15) is 0 Å². The van der Waals surface area contributed by atoms with E-state index in [1.807, 2.05) is 77.1 Å². The monoisotopic (exact) mass is 455 g/mol. The van der Waals surface area contributed by atoms with Gasteiger partial charge in [-0.05, 0) is 54.4 Å². The highest BCUT2D eigenvalue weighted by atomic mass is 16.5. The summed E-state index contributed by atoms with van der Waals surface area (Å²) in [6.45, 7) is 4.38. The van der Waals surface area contributed by atoms with Gasteiger partial charge in [-0.15, -0.1) is 0 Å². The second-order valence-electron chi connectivity index (χ2n) is 8.15. The quantitative estimate of drug-likeness (QED) is 0.428. The minimum absolute atomic E-state index is 0.0202. The number of imidazole rings is 1. The Kier molecular flexibility index (Phi) is 5.97. The number of hydrogen-bond acceptors (Lipinski definition) is 5. The Labute approximate surface area is 197 Å². The maximum absolute atomic E-state index is 12.7. The summed E-state index contributed by atoms with van der Waals surface area (Å²) in [6.07, 6.45) is 6.36. The van der Waals surface area contributed by atoms with Crippen LogP contribution in [0.3, 0.4) is 0 Å². The zero-order valence-corrected chi connectivity index (χ0v) is 18.8. The number of rotatable bonds is 6. The highest BCUT2D eigenvalue weighted by Gasteiger charge is 2.18. The minimum atomic E-state index is 0.0202. The first-order chi connectivity index (χ1) is 16.6. The van der Waals surface area contributed by atoms with Gasteiger partial charge in [-0.2, -0.15) is 0 Å². The number of hydrogen-bond donors (Lipinski definition) is 2. The van der Waals surface area contributed by atoms with Crippen LogP contribution in [0, 0.1) is 6.92 Å². The van der Waals surface area contributed by atoms with Crippen molar-refractivity contribution in [2.75, 3.05) is 36.9 Å². The van der Waals surface area contributed by atoms with Crippen molar-refractivity contribution < 1.29 is 14.3 Å². The van der Waals surface area contributed by atoms with Crippen LogP contribution in [-0.2, 0) is 9.53 Å². The first kappa shape index (κ1) is 21.7. The molecule has 0 unspecified atom stereocenters. The van der Waals surface area contributed by atoms with E-state index in [1.165, 1.54) is 0 Å². The van der Waals surface area contributed by atoms with Crippen LogP contribution < -0.4 is 10.6 Å². The van der Waals surface area contributed by atoms with E-state index in [0.29, 0.717) is 38.3 Å². The molecule has 0 spiro atoms. The molecule has 0 atom stereocenters. The molecule has 0 radical (unpaired) electrons. The summed E-state index contributed by atoms with van der Waals surface area (Å²) in [5, 5.41) is 6.21. The molecule has 5 rings (SSSR count). The van der Waals surface area contributed by atoms with E-state index in [1.54, 1.807) is 6.20 Å². The molecule has 3 heterocycles. The van der Waals surface area contributed by atoms with Crippen molar-refractivity contribution in [1.29, 1.82) is 0 Å². The van der Waals surface area contributed by atoms with Crippen LogP contribution in [0.15, 0.2) is 67.1 Å². The second kappa shape index (κ2) is 9.36. The Bertz CT molecular complexity index is 1340. The summed E-state index contributed by atoms with van der Waals surface area (Å²) in [6, 6.07) is 15.4. The molecule has 1 fully saturated rings. The number of ether oxygens (including phenoxy) is 1. The summed E-state index contributed by atoms with van der Waals surface area (Å²) >= 11 is 0. The number of amides is 2. The van der Waals surface area contributed by atoms with Crippen molar-refractivity contribution in [3.63, 3.8) is 0 Å². The van der Waals surface area contributed by atoms with Gasteiger partial charge in [-0.3, -0.25) is 9.59 Å². The van der Waals surface area contributed by atoms with Crippen molar-refractivity contribution in [3.05, 3.63) is 78.2 Å². The van der Waals surface area contributed by atoms with Gasteiger partial charge < -0.3 is 24.7 Å². The third kappa shape index (κ3) is 4.23. The van der Waals surface area contributed by atoms with E-state index in [9.17, 15) is 9.59 Å². The van der Waals surface area contributed by atoms with Gasteiger partial charge in [0, 0.05) is 54.2 Å². The highest BCUT2D eigenvalue weighted by molar-refractivity contribution is 5.95. The predicted octanol–water partition coefficient (Wildman–Crippen LogP) is 4.09. The summed E-state index contributed by atoms with van der Waals surface area (Å²) in [7, 11) is 0. The van der Waals surface area contributed by atoms with Crippen LogP contribution in [0.2, 0.25) is 0 Å². The van der Waals surface area contributed by atoms with Crippen molar-refractivity contribution in [1.82, 2.24) is 14.3 Å². The van der Waals surface area contributed by atoms with Gasteiger partial charge in [-0.25, -0.2) is 4.98 Å².